The molecule has 0 saturated heterocycles. The third kappa shape index (κ3) is 4.78. The van der Waals surface area contributed by atoms with E-state index in [4.69, 9.17) is 5.21 Å². The Labute approximate surface area is 169 Å². The zero-order chi connectivity index (χ0) is 21.9. The number of sulfonamides is 1. The van der Waals surface area contributed by atoms with Gasteiger partial charge in [0, 0.05) is 18.7 Å². The van der Waals surface area contributed by atoms with Crippen LogP contribution >= 0.6 is 0 Å². The van der Waals surface area contributed by atoms with Gasteiger partial charge in [0.2, 0.25) is 10.0 Å². The average Bonchev–Trinajstić information content (AvgIpc) is 2.64. The Kier molecular flexibility index (Phi) is 6.73. The van der Waals surface area contributed by atoms with Crippen molar-refractivity contribution in [3.63, 3.8) is 0 Å². The molecule has 0 fully saturated rings. The zero-order valence-corrected chi connectivity index (χ0v) is 17.4. The van der Waals surface area contributed by atoms with Crippen LogP contribution in [0.5, 0.6) is 0 Å². The molecule has 0 aliphatic rings. The standard InChI is InChI=1S/C19H23N3O6S/c1-12-9-13(2)18(14(3)10-12)29(27,28)21(15(4)19(23)20-24)11-16-5-7-17(8-6-16)22(25)26/h5-10,15,24H,11H2,1-4H3,(H,20,23)/t15-/m0/s1. The van der Waals surface area contributed by atoms with Gasteiger partial charge in [0.15, 0.2) is 0 Å². The summed E-state index contributed by atoms with van der Waals surface area (Å²) in [7, 11) is -4.13. The van der Waals surface area contributed by atoms with Gasteiger partial charge in [-0.05, 0) is 44.4 Å². The Hall–Kier alpha value is -2.82. The second-order valence-electron chi connectivity index (χ2n) is 6.85. The average molecular weight is 421 g/mol. The van der Waals surface area contributed by atoms with Crippen LogP contribution in [0.25, 0.3) is 0 Å². The van der Waals surface area contributed by atoms with Gasteiger partial charge >= 0.3 is 0 Å². The summed E-state index contributed by atoms with van der Waals surface area (Å²) in [4.78, 5) is 22.4. The molecule has 2 aromatic rings. The van der Waals surface area contributed by atoms with Gasteiger partial charge in [-0.15, -0.1) is 0 Å². The van der Waals surface area contributed by atoms with E-state index in [0.717, 1.165) is 9.87 Å². The highest BCUT2D eigenvalue weighted by atomic mass is 32.2. The van der Waals surface area contributed by atoms with Gasteiger partial charge in [0.25, 0.3) is 11.6 Å². The van der Waals surface area contributed by atoms with Crippen molar-refractivity contribution in [3.8, 4) is 0 Å². The van der Waals surface area contributed by atoms with E-state index in [-0.39, 0.29) is 17.1 Å². The fraction of sp³-hybridized carbons (Fsp3) is 0.316. The van der Waals surface area contributed by atoms with E-state index >= 15 is 0 Å². The van der Waals surface area contributed by atoms with Gasteiger partial charge in [-0.25, -0.2) is 13.9 Å². The Balaban J connectivity index is 2.56. The highest BCUT2D eigenvalue weighted by Crippen LogP contribution is 2.28. The number of hydrogen-bond acceptors (Lipinski definition) is 6. The first-order valence-electron chi connectivity index (χ1n) is 8.76. The highest BCUT2D eigenvalue weighted by Gasteiger charge is 2.35. The molecule has 0 aliphatic heterocycles. The van der Waals surface area contributed by atoms with Crippen LogP contribution in [0.1, 0.15) is 29.2 Å². The van der Waals surface area contributed by atoms with Crippen LogP contribution in [0.4, 0.5) is 5.69 Å². The van der Waals surface area contributed by atoms with Crippen LogP contribution in [-0.4, -0.2) is 34.8 Å². The molecule has 1 atom stereocenters. The lowest BCUT2D eigenvalue weighted by molar-refractivity contribution is -0.384. The van der Waals surface area contributed by atoms with Crippen molar-refractivity contribution < 1.29 is 23.3 Å². The van der Waals surface area contributed by atoms with Crippen LogP contribution in [0.15, 0.2) is 41.3 Å². The summed E-state index contributed by atoms with van der Waals surface area (Å²) in [5.74, 6) is -0.891. The quantitative estimate of drug-likeness (QED) is 0.401. The van der Waals surface area contributed by atoms with Gasteiger partial charge in [0.05, 0.1) is 9.82 Å². The zero-order valence-electron chi connectivity index (χ0n) is 16.5. The van der Waals surface area contributed by atoms with Crippen molar-refractivity contribution in [2.24, 2.45) is 0 Å². The van der Waals surface area contributed by atoms with Crippen molar-refractivity contribution in [2.75, 3.05) is 0 Å². The molecule has 156 valence electrons. The number of rotatable bonds is 7. The van der Waals surface area contributed by atoms with Crippen LogP contribution in [0, 0.1) is 30.9 Å². The third-order valence-electron chi connectivity index (χ3n) is 4.58. The van der Waals surface area contributed by atoms with Crippen molar-refractivity contribution in [1.82, 2.24) is 9.79 Å². The maximum atomic E-state index is 13.5. The van der Waals surface area contributed by atoms with E-state index in [1.54, 1.807) is 26.0 Å². The SMILES string of the molecule is Cc1cc(C)c(S(=O)(=O)N(Cc2ccc([N+](=O)[O-])cc2)[C@@H](C)C(=O)NO)c(C)c1. The summed E-state index contributed by atoms with van der Waals surface area (Å²) in [6.07, 6.45) is 0. The Morgan fingerprint density at radius 1 is 1.17 bits per heavy atom. The number of aryl methyl sites for hydroxylation is 3. The topological polar surface area (TPSA) is 130 Å². The Morgan fingerprint density at radius 2 is 1.69 bits per heavy atom. The molecule has 0 saturated carbocycles. The predicted octanol–water partition coefficient (Wildman–Crippen LogP) is 2.60. The van der Waals surface area contributed by atoms with E-state index in [1.807, 2.05) is 6.92 Å². The van der Waals surface area contributed by atoms with Crippen LogP contribution in [0.2, 0.25) is 0 Å². The largest absolute Gasteiger partial charge is 0.289 e. The smallest absolute Gasteiger partial charge is 0.269 e. The lowest BCUT2D eigenvalue weighted by Crippen LogP contribution is -2.47. The Bertz CT molecular complexity index is 1010. The summed E-state index contributed by atoms with van der Waals surface area (Å²) in [5, 5.41) is 19.8. The van der Waals surface area contributed by atoms with E-state index < -0.39 is 26.9 Å². The molecule has 9 nitrogen and oxygen atoms in total. The first-order chi connectivity index (χ1) is 13.5. The van der Waals surface area contributed by atoms with Crippen LogP contribution in [-0.2, 0) is 21.4 Å². The number of non-ortho nitro benzene ring substituents is 1. The van der Waals surface area contributed by atoms with E-state index in [9.17, 15) is 23.3 Å². The summed E-state index contributed by atoms with van der Waals surface area (Å²) in [5.41, 5.74) is 3.78. The number of benzene rings is 2. The molecule has 0 aliphatic carbocycles. The van der Waals surface area contributed by atoms with Gasteiger partial charge in [-0.2, -0.15) is 4.31 Å². The molecule has 0 spiro atoms. The number of carbonyl (C=O) groups excluding carboxylic acids is 1. The van der Waals surface area contributed by atoms with Gasteiger partial charge in [-0.1, -0.05) is 29.8 Å². The minimum Gasteiger partial charge on any atom is -0.289 e. The van der Waals surface area contributed by atoms with Crippen LogP contribution in [0.3, 0.4) is 0 Å². The van der Waals surface area contributed by atoms with Gasteiger partial charge in [-0.3, -0.25) is 20.1 Å². The summed E-state index contributed by atoms with van der Waals surface area (Å²) in [6, 6.07) is 7.64. The lowest BCUT2D eigenvalue weighted by Gasteiger charge is -2.28. The molecule has 10 heteroatoms. The molecule has 0 bridgehead atoms. The summed E-state index contributed by atoms with van der Waals surface area (Å²) >= 11 is 0. The molecule has 2 aromatic carbocycles. The number of amides is 1. The molecular weight excluding hydrogens is 398 g/mol. The molecule has 0 unspecified atom stereocenters. The van der Waals surface area contributed by atoms with Crippen molar-refractivity contribution in [1.29, 1.82) is 0 Å². The maximum Gasteiger partial charge on any atom is 0.269 e. The molecule has 1 amide bonds. The van der Waals surface area contributed by atoms with Crippen molar-refractivity contribution in [2.45, 2.75) is 45.2 Å². The van der Waals surface area contributed by atoms with E-state index in [1.165, 1.54) is 36.7 Å². The summed E-state index contributed by atoms with van der Waals surface area (Å²) < 4.78 is 27.9. The van der Waals surface area contributed by atoms with Crippen molar-refractivity contribution in [3.05, 3.63) is 68.8 Å². The minimum atomic E-state index is -4.13. The maximum absolute atomic E-state index is 13.5. The van der Waals surface area contributed by atoms with Gasteiger partial charge < -0.3 is 0 Å². The molecule has 0 aromatic heterocycles. The van der Waals surface area contributed by atoms with Crippen LogP contribution < -0.4 is 5.48 Å². The number of nitrogens with one attached hydrogen (secondary N) is 1. The first-order valence-corrected chi connectivity index (χ1v) is 10.2. The Morgan fingerprint density at radius 3 is 2.14 bits per heavy atom. The molecule has 2 N–H and O–H groups in total. The number of nitro groups is 1. The second kappa shape index (κ2) is 8.68. The second-order valence-corrected chi connectivity index (χ2v) is 8.68. The number of nitro benzene ring substituents is 1. The number of carbonyl (C=O) groups is 1. The molecule has 29 heavy (non-hydrogen) atoms. The highest BCUT2D eigenvalue weighted by molar-refractivity contribution is 7.89. The van der Waals surface area contributed by atoms with Crippen molar-refractivity contribution >= 4 is 21.6 Å². The minimum absolute atomic E-state index is 0.0857. The predicted molar refractivity (Wildman–Crippen MR) is 106 cm³/mol. The fourth-order valence-corrected chi connectivity index (χ4v) is 5.25. The normalized spacial score (nSPS) is 12.6. The number of hydroxylamine groups is 1. The van der Waals surface area contributed by atoms with E-state index in [2.05, 4.69) is 0 Å². The number of nitrogens with zero attached hydrogens (tertiary/aromatic N) is 2. The number of hydrogen-bond donors (Lipinski definition) is 2. The fourth-order valence-electron chi connectivity index (χ4n) is 3.25. The molecule has 0 radical (unpaired) electrons. The summed E-state index contributed by atoms with van der Waals surface area (Å²) in [6.45, 7) is 6.35. The molecule has 2 rings (SSSR count). The molecular formula is C19H23N3O6S. The molecule has 0 heterocycles. The van der Waals surface area contributed by atoms with Gasteiger partial charge in [0.1, 0.15) is 6.04 Å². The monoisotopic (exact) mass is 421 g/mol. The lowest BCUT2D eigenvalue weighted by atomic mass is 10.1. The third-order valence-corrected chi connectivity index (χ3v) is 6.80. The van der Waals surface area contributed by atoms with E-state index in [0.29, 0.717) is 16.7 Å². The first kappa shape index (κ1) is 22.5.